The molecule has 0 aliphatic rings. The van der Waals surface area contributed by atoms with Gasteiger partial charge >= 0.3 is 0 Å². The van der Waals surface area contributed by atoms with Gasteiger partial charge in [0, 0.05) is 18.2 Å². The minimum absolute atomic E-state index is 0.252. The summed E-state index contributed by atoms with van der Waals surface area (Å²) in [6.07, 6.45) is 12.0. The van der Waals surface area contributed by atoms with E-state index in [2.05, 4.69) is 17.1 Å². The molecule has 1 heterocycles. The van der Waals surface area contributed by atoms with Crippen LogP contribution in [0.1, 0.15) is 25.8 Å². The summed E-state index contributed by atoms with van der Waals surface area (Å²) in [7, 11) is 0. The van der Waals surface area contributed by atoms with Crippen molar-refractivity contribution >= 4 is 12.2 Å². The van der Waals surface area contributed by atoms with Crippen LogP contribution in [0.5, 0.6) is 0 Å². The number of hydrogen-bond acceptors (Lipinski definition) is 1. The summed E-state index contributed by atoms with van der Waals surface area (Å²) in [6, 6.07) is 0. The second-order valence-corrected chi connectivity index (χ2v) is 3.45. The summed E-state index contributed by atoms with van der Waals surface area (Å²) >= 11 is 0. The van der Waals surface area contributed by atoms with Crippen molar-refractivity contribution in [2.75, 3.05) is 6.61 Å². The highest BCUT2D eigenvalue weighted by molar-refractivity contribution is 5.39. The molecule has 0 fully saturated rings. The lowest BCUT2D eigenvalue weighted by Gasteiger charge is -1.93. The second kappa shape index (κ2) is 6.25. The van der Waals surface area contributed by atoms with E-state index in [-0.39, 0.29) is 6.61 Å². The molecular formula is C13H19NO. The normalized spacial score (nSPS) is 14.3. The highest BCUT2D eigenvalue weighted by Gasteiger charge is 1.97. The van der Waals surface area contributed by atoms with Gasteiger partial charge < -0.3 is 10.1 Å². The van der Waals surface area contributed by atoms with Gasteiger partial charge in [-0.05, 0) is 43.5 Å². The minimum Gasteiger partial charge on any atom is -0.396 e. The number of allylic oxidation sites excluding steroid dienone is 2. The van der Waals surface area contributed by atoms with E-state index in [9.17, 15) is 0 Å². The molecule has 15 heavy (non-hydrogen) atoms. The van der Waals surface area contributed by atoms with Crippen LogP contribution in [0.25, 0.3) is 12.2 Å². The Labute approximate surface area is 90.7 Å². The van der Waals surface area contributed by atoms with Crippen molar-refractivity contribution in [2.24, 2.45) is 0 Å². The zero-order valence-electron chi connectivity index (χ0n) is 9.46. The zero-order valence-corrected chi connectivity index (χ0v) is 9.46. The monoisotopic (exact) mass is 205 g/mol. The lowest BCUT2D eigenvalue weighted by molar-refractivity contribution is 0.288. The van der Waals surface area contributed by atoms with Gasteiger partial charge in [0.25, 0.3) is 0 Å². The molecule has 2 heteroatoms. The highest BCUT2D eigenvalue weighted by Crippen LogP contribution is 1.92. The number of aryl methyl sites for hydroxylation is 1. The molecule has 1 rings (SSSR count). The Morgan fingerprint density at radius 2 is 2.20 bits per heavy atom. The SMILES string of the molecule is C\C=C/C=c1/[nH]cc(CCCO)/c1=C/C. The lowest BCUT2D eigenvalue weighted by Crippen LogP contribution is -2.24. The molecule has 0 aliphatic heterocycles. The van der Waals surface area contributed by atoms with Crippen LogP contribution in [0, 0.1) is 0 Å². The number of hydrogen-bond donors (Lipinski definition) is 2. The lowest BCUT2D eigenvalue weighted by atomic mass is 10.1. The van der Waals surface area contributed by atoms with Crippen molar-refractivity contribution in [1.29, 1.82) is 0 Å². The fourth-order valence-corrected chi connectivity index (χ4v) is 1.64. The zero-order chi connectivity index (χ0) is 11.1. The van der Waals surface area contributed by atoms with E-state index in [4.69, 9.17) is 5.11 Å². The average molecular weight is 205 g/mol. The minimum atomic E-state index is 0.252. The maximum Gasteiger partial charge on any atom is 0.0453 e. The van der Waals surface area contributed by atoms with Gasteiger partial charge in [0.15, 0.2) is 0 Å². The Balaban J connectivity index is 3.07. The molecule has 1 aromatic heterocycles. The van der Waals surface area contributed by atoms with E-state index < -0.39 is 0 Å². The first-order valence-electron chi connectivity index (χ1n) is 5.40. The first-order valence-corrected chi connectivity index (χ1v) is 5.40. The van der Waals surface area contributed by atoms with Crippen LogP contribution in [0.2, 0.25) is 0 Å². The van der Waals surface area contributed by atoms with Crippen LogP contribution in [0.3, 0.4) is 0 Å². The van der Waals surface area contributed by atoms with E-state index in [1.54, 1.807) is 0 Å². The molecule has 0 aromatic carbocycles. The van der Waals surface area contributed by atoms with Gasteiger partial charge in [-0.2, -0.15) is 0 Å². The number of nitrogens with one attached hydrogen (secondary N) is 1. The van der Waals surface area contributed by atoms with Gasteiger partial charge in [0.2, 0.25) is 0 Å². The van der Waals surface area contributed by atoms with Gasteiger partial charge in [-0.1, -0.05) is 18.2 Å². The van der Waals surface area contributed by atoms with Crippen LogP contribution >= 0.6 is 0 Å². The predicted molar refractivity (Wildman–Crippen MR) is 64.9 cm³/mol. The molecule has 2 N–H and O–H groups in total. The van der Waals surface area contributed by atoms with E-state index in [1.165, 1.54) is 10.8 Å². The van der Waals surface area contributed by atoms with E-state index in [0.29, 0.717) is 0 Å². The Bertz CT molecular complexity index is 426. The standard InChI is InChI=1S/C13H19NO/c1-3-5-8-13-12(4-2)11(10-14-13)7-6-9-15/h3-5,8,10,14-15H,6-7,9H2,1-2H3/b5-3-,12-4-,13-8+. The molecule has 0 saturated carbocycles. The number of aromatic amines is 1. The first kappa shape index (κ1) is 11.8. The van der Waals surface area contributed by atoms with Crippen LogP contribution < -0.4 is 10.6 Å². The van der Waals surface area contributed by atoms with Gasteiger partial charge in [-0.3, -0.25) is 0 Å². The van der Waals surface area contributed by atoms with Crippen molar-refractivity contribution in [3.05, 3.63) is 34.5 Å². The van der Waals surface area contributed by atoms with Gasteiger partial charge in [-0.15, -0.1) is 0 Å². The van der Waals surface area contributed by atoms with Crippen LogP contribution in [-0.2, 0) is 6.42 Å². The molecule has 0 atom stereocenters. The maximum atomic E-state index is 8.80. The molecule has 0 saturated heterocycles. The number of H-pyrrole nitrogens is 1. The summed E-state index contributed by atoms with van der Waals surface area (Å²) in [6.45, 7) is 4.29. The number of aliphatic hydroxyl groups is 1. The summed E-state index contributed by atoms with van der Waals surface area (Å²) in [4.78, 5) is 3.25. The smallest absolute Gasteiger partial charge is 0.0453 e. The Kier molecular flexibility index (Phi) is 4.91. The molecule has 0 aliphatic carbocycles. The molecule has 0 bridgehead atoms. The highest BCUT2D eigenvalue weighted by atomic mass is 16.2. The fraction of sp³-hybridized carbons (Fsp3) is 0.385. The molecule has 0 unspecified atom stereocenters. The maximum absolute atomic E-state index is 8.80. The van der Waals surface area contributed by atoms with Crippen molar-refractivity contribution in [3.63, 3.8) is 0 Å². The number of aliphatic hydroxyl groups excluding tert-OH is 1. The Morgan fingerprint density at radius 1 is 1.40 bits per heavy atom. The second-order valence-electron chi connectivity index (χ2n) is 3.45. The molecule has 0 amide bonds. The van der Waals surface area contributed by atoms with Crippen LogP contribution in [-0.4, -0.2) is 16.7 Å². The molecule has 82 valence electrons. The van der Waals surface area contributed by atoms with Crippen molar-refractivity contribution in [1.82, 2.24) is 4.98 Å². The van der Waals surface area contributed by atoms with E-state index in [0.717, 1.165) is 18.2 Å². The summed E-state index contributed by atoms with van der Waals surface area (Å²) in [5.74, 6) is 0. The third kappa shape index (κ3) is 3.10. The van der Waals surface area contributed by atoms with Crippen molar-refractivity contribution in [3.8, 4) is 0 Å². The molecule has 1 aromatic rings. The van der Waals surface area contributed by atoms with Gasteiger partial charge in [0.1, 0.15) is 0 Å². The molecule has 0 spiro atoms. The number of aromatic nitrogens is 1. The van der Waals surface area contributed by atoms with Crippen LogP contribution in [0.15, 0.2) is 18.3 Å². The third-order valence-electron chi connectivity index (χ3n) is 2.39. The van der Waals surface area contributed by atoms with Crippen molar-refractivity contribution in [2.45, 2.75) is 26.7 Å². The number of rotatable bonds is 4. The summed E-state index contributed by atoms with van der Waals surface area (Å²) < 4.78 is 0. The Morgan fingerprint density at radius 3 is 2.80 bits per heavy atom. The van der Waals surface area contributed by atoms with E-state index >= 15 is 0 Å². The summed E-state index contributed by atoms with van der Waals surface area (Å²) in [5, 5.41) is 11.2. The van der Waals surface area contributed by atoms with E-state index in [1.807, 2.05) is 32.2 Å². The van der Waals surface area contributed by atoms with Gasteiger partial charge in [-0.25, -0.2) is 0 Å². The first-order chi connectivity index (χ1) is 7.33. The topological polar surface area (TPSA) is 36.0 Å². The quantitative estimate of drug-likeness (QED) is 0.758. The molecule has 2 nitrogen and oxygen atoms in total. The predicted octanol–water partition coefficient (Wildman–Crippen LogP) is 1.10. The molecular weight excluding hydrogens is 186 g/mol. The average Bonchev–Trinajstić information content (AvgIpc) is 2.65. The molecule has 0 radical (unpaired) electrons. The third-order valence-corrected chi connectivity index (χ3v) is 2.39. The van der Waals surface area contributed by atoms with Crippen molar-refractivity contribution < 1.29 is 5.11 Å². The Hall–Kier alpha value is -1.28. The van der Waals surface area contributed by atoms with Crippen LogP contribution in [0.4, 0.5) is 0 Å². The largest absolute Gasteiger partial charge is 0.396 e. The van der Waals surface area contributed by atoms with Gasteiger partial charge in [0.05, 0.1) is 0 Å². The fourth-order valence-electron chi connectivity index (χ4n) is 1.64. The summed E-state index contributed by atoms with van der Waals surface area (Å²) in [5.41, 5.74) is 1.28.